The number of ketones is 1. The Morgan fingerprint density at radius 3 is 2.65 bits per heavy atom. The second-order valence-electron chi connectivity index (χ2n) is 10.2. The van der Waals surface area contributed by atoms with Gasteiger partial charge >= 0.3 is 0 Å². The van der Waals surface area contributed by atoms with Crippen molar-refractivity contribution in [1.82, 2.24) is 5.32 Å². The largest absolute Gasteiger partial charge is 0.394 e. The van der Waals surface area contributed by atoms with Crippen LogP contribution >= 0.6 is 35.6 Å². The number of aliphatic hydroxyl groups is 2. The Labute approximate surface area is 231 Å². The molecule has 0 unspecified atom stereocenters. The van der Waals surface area contributed by atoms with Crippen LogP contribution < -0.4 is 10.6 Å². The van der Waals surface area contributed by atoms with E-state index in [0.717, 1.165) is 18.4 Å². The van der Waals surface area contributed by atoms with Crippen molar-refractivity contribution in [3.8, 4) is 0 Å². The van der Waals surface area contributed by atoms with E-state index in [9.17, 15) is 19.1 Å². The molecule has 0 aromatic heterocycles. The zero-order valence-corrected chi connectivity index (χ0v) is 22.4. The van der Waals surface area contributed by atoms with E-state index in [0.29, 0.717) is 41.5 Å². The van der Waals surface area contributed by atoms with Gasteiger partial charge in [-0.1, -0.05) is 48.2 Å². The van der Waals surface area contributed by atoms with Crippen molar-refractivity contribution in [2.75, 3.05) is 11.9 Å². The molecule has 2 aliphatic heterocycles. The zero-order valence-electron chi connectivity index (χ0n) is 20.1. The van der Waals surface area contributed by atoms with Crippen LogP contribution in [-0.2, 0) is 15.0 Å². The fourth-order valence-corrected chi connectivity index (χ4v) is 6.42. The zero-order chi connectivity index (χ0) is 25.6. The maximum atomic E-state index is 14.8. The summed E-state index contributed by atoms with van der Waals surface area (Å²) < 4.78 is 14.8. The summed E-state index contributed by atoms with van der Waals surface area (Å²) in [6.45, 7) is -0.362. The number of Topliss-reactive ketones (excluding diaryl/α,β-unsaturated/α-hetero) is 1. The van der Waals surface area contributed by atoms with E-state index in [2.05, 4.69) is 10.6 Å². The van der Waals surface area contributed by atoms with Crippen LogP contribution in [0, 0.1) is 11.7 Å². The van der Waals surface area contributed by atoms with Gasteiger partial charge in [0.25, 0.3) is 0 Å². The van der Waals surface area contributed by atoms with Gasteiger partial charge in [0.05, 0.1) is 23.8 Å². The maximum Gasteiger partial charge on any atom is 0.237 e. The molecule has 1 spiro atoms. The van der Waals surface area contributed by atoms with Crippen molar-refractivity contribution in [3.63, 3.8) is 0 Å². The normalized spacial score (nSPS) is 27.1. The average molecular weight is 572 g/mol. The van der Waals surface area contributed by atoms with Crippen molar-refractivity contribution >= 4 is 53.0 Å². The highest BCUT2D eigenvalue weighted by atomic mass is 35.5. The summed E-state index contributed by atoms with van der Waals surface area (Å²) in [6.07, 6.45) is 2.76. The van der Waals surface area contributed by atoms with Gasteiger partial charge in [-0.25, -0.2) is 4.39 Å². The predicted molar refractivity (Wildman–Crippen MR) is 143 cm³/mol. The SMILES string of the molecule is Cl.O=C(CCC[C@H](O)CO)[C@@H]1N[C@H](CC2CC2)[C@]2(C(=O)Nc3cc(Cl)c(F)cc32)[C@H]1c1cccc(Cl)c1. The molecule has 6 nitrogen and oxygen atoms in total. The minimum absolute atomic E-state index is 0. The van der Waals surface area contributed by atoms with E-state index < -0.39 is 35.3 Å². The van der Waals surface area contributed by atoms with Crippen molar-refractivity contribution in [2.24, 2.45) is 5.92 Å². The first kappa shape index (κ1) is 28.3. The Hall–Kier alpha value is -1.74. The summed E-state index contributed by atoms with van der Waals surface area (Å²) in [7, 11) is 0. The smallest absolute Gasteiger partial charge is 0.237 e. The molecule has 1 saturated carbocycles. The standard InChI is InChI=1S/C27H29Cl2FN2O4.ClH/c28-16-4-1-3-15(10-16)24-25(22(35)6-2-5-17(34)13-33)32-23(9-14-7-8-14)27(24)18-11-20(30)19(29)12-21(18)31-26(27)36;/h1,3-4,10-12,14,17,23-25,32-34H,2,5-9,13H2,(H,31,36);1H/t17-,23+,24-,25-,27-;/m0./s1. The highest BCUT2D eigenvalue weighted by molar-refractivity contribution is 6.31. The third-order valence-electron chi connectivity index (χ3n) is 7.88. The fraction of sp³-hybridized carbons (Fsp3) is 0.481. The Morgan fingerprint density at radius 2 is 1.97 bits per heavy atom. The van der Waals surface area contributed by atoms with Gasteiger partial charge < -0.3 is 20.8 Å². The number of halogens is 4. The number of carbonyl (C=O) groups excluding carboxylic acids is 2. The summed E-state index contributed by atoms with van der Waals surface area (Å²) in [4.78, 5) is 27.6. The van der Waals surface area contributed by atoms with E-state index in [1.54, 1.807) is 18.2 Å². The third-order valence-corrected chi connectivity index (χ3v) is 8.40. The van der Waals surface area contributed by atoms with Crippen LogP contribution in [0.5, 0.6) is 0 Å². The highest BCUT2D eigenvalue weighted by Gasteiger charge is 2.65. The molecule has 4 N–H and O–H groups in total. The van der Waals surface area contributed by atoms with Gasteiger partial charge in [0.2, 0.25) is 5.91 Å². The predicted octanol–water partition coefficient (Wildman–Crippen LogP) is 4.76. The molecule has 3 aliphatic rings. The van der Waals surface area contributed by atoms with Crippen LogP contribution in [0.2, 0.25) is 10.0 Å². The van der Waals surface area contributed by atoms with Crippen molar-refractivity contribution in [1.29, 1.82) is 0 Å². The van der Waals surface area contributed by atoms with Gasteiger partial charge in [0, 0.05) is 29.1 Å². The van der Waals surface area contributed by atoms with Crippen molar-refractivity contribution in [3.05, 3.63) is 63.4 Å². The molecule has 1 amide bonds. The monoisotopic (exact) mass is 570 g/mol. The fourth-order valence-electron chi connectivity index (χ4n) is 6.05. The number of nitrogens with one attached hydrogen (secondary N) is 2. The molecule has 2 aromatic carbocycles. The summed E-state index contributed by atoms with van der Waals surface area (Å²) in [5.74, 6) is -1.19. The van der Waals surface area contributed by atoms with E-state index in [-0.39, 0.29) is 42.1 Å². The molecule has 1 aliphatic carbocycles. The number of benzene rings is 2. The third kappa shape index (κ3) is 5.14. The van der Waals surface area contributed by atoms with Crippen molar-refractivity contribution < 1.29 is 24.2 Å². The lowest BCUT2D eigenvalue weighted by atomic mass is 9.63. The Kier molecular flexibility index (Phi) is 8.53. The number of amides is 1. The van der Waals surface area contributed by atoms with E-state index in [4.69, 9.17) is 28.3 Å². The molecule has 10 heteroatoms. The lowest BCUT2D eigenvalue weighted by Crippen LogP contribution is -2.48. The number of anilines is 1. The summed E-state index contributed by atoms with van der Waals surface area (Å²) in [5, 5.41) is 25.7. The molecule has 0 bridgehead atoms. The first-order valence-corrected chi connectivity index (χ1v) is 13.2. The molecule has 200 valence electrons. The number of aliphatic hydroxyl groups excluding tert-OH is 2. The lowest BCUT2D eigenvalue weighted by molar-refractivity contribution is -0.122. The first-order valence-electron chi connectivity index (χ1n) is 12.4. The number of carbonyl (C=O) groups is 2. The number of hydrogen-bond acceptors (Lipinski definition) is 5. The minimum Gasteiger partial charge on any atom is -0.394 e. The van der Waals surface area contributed by atoms with E-state index in [1.165, 1.54) is 12.1 Å². The quantitative estimate of drug-likeness (QED) is 0.348. The van der Waals surface area contributed by atoms with Gasteiger partial charge in [-0.05, 0) is 60.6 Å². The molecule has 5 atom stereocenters. The first-order chi connectivity index (χ1) is 17.2. The molecule has 2 fully saturated rings. The maximum absolute atomic E-state index is 14.8. The molecular weight excluding hydrogens is 542 g/mol. The molecule has 1 saturated heterocycles. The van der Waals surface area contributed by atoms with Gasteiger partial charge in [-0.15, -0.1) is 12.4 Å². The van der Waals surface area contributed by atoms with Crippen LogP contribution in [0.25, 0.3) is 0 Å². The van der Waals surface area contributed by atoms with Crippen LogP contribution in [0.15, 0.2) is 36.4 Å². The summed E-state index contributed by atoms with van der Waals surface area (Å²) >= 11 is 12.4. The molecule has 5 rings (SSSR count). The summed E-state index contributed by atoms with van der Waals surface area (Å²) in [5.41, 5.74) is 0.461. The number of rotatable bonds is 9. The van der Waals surface area contributed by atoms with Gasteiger partial charge in [-0.3, -0.25) is 9.59 Å². The molecule has 37 heavy (non-hydrogen) atoms. The van der Waals surface area contributed by atoms with E-state index >= 15 is 0 Å². The average Bonchev–Trinajstić information content (AvgIpc) is 3.54. The Balaban J connectivity index is 0.00000320. The van der Waals surface area contributed by atoms with Crippen LogP contribution in [0.3, 0.4) is 0 Å². The Bertz CT molecular complexity index is 1190. The van der Waals surface area contributed by atoms with Gasteiger partial charge in [-0.2, -0.15) is 0 Å². The molecule has 0 radical (unpaired) electrons. The second-order valence-corrected chi connectivity index (χ2v) is 11.1. The summed E-state index contributed by atoms with van der Waals surface area (Å²) in [6, 6.07) is 8.80. The minimum atomic E-state index is -1.22. The second kappa shape index (κ2) is 11.2. The molecule has 2 aromatic rings. The van der Waals surface area contributed by atoms with Crippen LogP contribution in [0.1, 0.15) is 55.6 Å². The van der Waals surface area contributed by atoms with Gasteiger partial charge in [0.15, 0.2) is 0 Å². The van der Waals surface area contributed by atoms with Crippen LogP contribution in [0.4, 0.5) is 10.1 Å². The topological polar surface area (TPSA) is 98.7 Å². The van der Waals surface area contributed by atoms with Crippen molar-refractivity contribution in [2.45, 2.75) is 68.0 Å². The number of fused-ring (bicyclic) bond motifs is 2. The number of hydrogen-bond donors (Lipinski definition) is 4. The van der Waals surface area contributed by atoms with Crippen LogP contribution in [-0.4, -0.2) is 46.7 Å². The van der Waals surface area contributed by atoms with E-state index in [1.807, 2.05) is 6.07 Å². The highest BCUT2D eigenvalue weighted by Crippen LogP contribution is 2.57. The molecule has 2 heterocycles. The lowest BCUT2D eigenvalue weighted by Gasteiger charge is -2.35. The Morgan fingerprint density at radius 1 is 1.22 bits per heavy atom. The molecular formula is C27H30Cl3FN2O4. The van der Waals surface area contributed by atoms with Gasteiger partial charge in [0.1, 0.15) is 17.0 Å².